The minimum absolute atomic E-state index is 0.142. The first-order valence-electron chi connectivity index (χ1n) is 7.02. The quantitative estimate of drug-likeness (QED) is 0.627. The number of carbonyl (C=O) groups excluding carboxylic acids is 2. The lowest BCUT2D eigenvalue weighted by atomic mass is 9.78. The van der Waals surface area contributed by atoms with Crippen molar-refractivity contribution in [2.45, 2.75) is 27.2 Å². The predicted octanol–water partition coefficient (Wildman–Crippen LogP) is 3.17. The van der Waals surface area contributed by atoms with Gasteiger partial charge in [-0.15, -0.1) is 0 Å². The summed E-state index contributed by atoms with van der Waals surface area (Å²) in [6.07, 6.45) is 2.14. The number of carbonyl (C=O) groups is 2. The molecule has 0 saturated carbocycles. The molecule has 0 N–H and O–H groups in total. The number of esters is 1. The molecule has 0 fully saturated rings. The number of hydrogen-bond donors (Lipinski definition) is 0. The lowest BCUT2D eigenvalue weighted by Gasteiger charge is -2.25. The molecule has 2 atom stereocenters. The van der Waals surface area contributed by atoms with E-state index < -0.39 is 11.9 Å². The van der Waals surface area contributed by atoms with Gasteiger partial charge in [-0.1, -0.05) is 36.8 Å². The van der Waals surface area contributed by atoms with Crippen LogP contribution in [-0.2, 0) is 14.3 Å². The Kier molecular flexibility index (Phi) is 4.38. The Labute approximate surface area is 119 Å². The van der Waals surface area contributed by atoms with Crippen molar-refractivity contribution in [3.8, 4) is 0 Å². The van der Waals surface area contributed by atoms with E-state index in [2.05, 4.69) is 0 Å². The summed E-state index contributed by atoms with van der Waals surface area (Å²) >= 11 is 0. The molecule has 1 aromatic rings. The van der Waals surface area contributed by atoms with Gasteiger partial charge < -0.3 is 4.74 Å². The molecule has 0 aromatic heterocycles. The molecule has 1 aliphatic carbocycles. The van der Waals surface area contributed by atoms with Gasteiger partial charge in [0.05, 0.1) is 6.61 Å². The van der Waals surface area contributed by atoms with Crippen LogP contribution in [0.3, 0.4) is 0 Å². The Morgan fingerprint density at radius 1 is 1.30 bits per heavy atom. The van der Waals surface area contributed by atoms with Crippen molar-refractivity contribution in [3.63, 3.8) is 0 Å². The maximum absolute atomic E-state index is 12.1. The molecule has 3 nitrogen and oxygen atoms in total. The monoisotopic (exact) mass is 272 g/mol. The number of rotatable bonds is 3. The summed E-state index contributed by atoms with van der Waals surface area (Å²) in [5, 5.41) is 0. The molecule has 1 aliphatic rings. The van der Waals surface area contributed by atoms with E-state index in [-0.39, 0.29) is 11.7 Å². The van der Waals surface area contributed by atoms with E-state index in [0.717, 1.165) is 11.1 Å². The van der Waals surface area contributed by atoms with Crippen molar-refractivity contribution >= 4 is 17.3 Å². The van der Waals surface area contributed by atoms with Crippen LogP contribution in [0, 0.1) is 18.8 Å². The van der Waals surface area contributed by atoms with Crippen molar-refractivity contribution in [1.29, 1.82) is 0 Å². The second-order valence-corrected chi connectivity index (χ2v) is 5.31. The molecule has 0 heterocycles. The van der Waals surface area contributed by atoms with Crippen molar-refractivity contribution < 1.29 is 14.3 Å². The van der Waals surface area contributed by atoms with Gasteiger partial charge in [0.15, 0.2) is 5.78 Å². The zero-order valence-corrected chi connectivity index (χ0v) is 12.2. The molecule has 0 spiro atoms. The normalized spacial score (nSPS) is 22.4. The van der Waals surface area contributed by atoms with E-state index in [0.29, 0.717) is 13.0 Å². The molecule has 106 valence electrons. The highest BCUT2D eigenvalue weighted by atomic mass is 16.5. The molecule has 2 unspecified atom stereocenters. The maximum Gasteiger partial charge on any atom is 0.316 e. The van der Waals surface area contributed by atoms with Crippen molar-refractivity contribution in [2.24, 2.45) is 11.8 Å². The van der Waals surface area contributed by atoms with Crippen LogP contribution < -0.4 is 0 Å². The van der Waals surface area contributed by atoms with E-state index in [1.807, 2.05) is 38.1 Å². The summed E-state index contributed by atoms with van der Waals surface area (Å²) in [5.74, 6) is -1.01. The molecule has 1 aromatic carbocycles. The van der Waals surface area contributed by atoms with Crippen LogP contribution in [0.25, 0.3) is 5.57 Å². The minimum atomic E-state index is -0.640. The Hall–Kier alpha value is -1.90. The van der Waals surface area contributed by atoms with Gasteiger partial charge in [-0.3, -0.25) is 9.59 Å². The second kappa shape index (κ2) is 6.04. The summed E-state index contributed by atoms with van der Waals surface area (Å²) in [6.45, 7) is 6.14. The van der Waals surface area contributed by atoms with E-state index in [1.54, 1.807) is 13.0 Å². The Morgan fingerprint density at radius 3 is 2.55 bits per heavy atom. The molecule has 2 rings (SSSR count). The van der Waals surface area contributed by atoms with Gasteiger partial charge >= 0.3 is 5.97 Å². The van der Waals surface area contributed by atoms with Crippen molar-refractivity contribution in [1.82, 2.24) is 0 Å². The summed E-state index contributed by atoms with van der Waals surface area (Å²) in [7, 11) is 0. The van der Waals surface area contributed by atoms with Gasteiger partial charge in [-0.2, -0.15) is 0 Å². The lowest BCUT2D eigenvalue weighted by Crippen LogP contribution is -2.30. The summed E-state index contributed by atoms with van der Waals surface area (Å²) < 4.78 is 4.97. The number of ketones is 1. The maximum atomic E-state index is 12.1. The average molecular weight is 272 g/mol. The van der Waals surface area contributed by atoms with Gasteiger partial charge in [0.2, 0.25) is 0 Å². The highest BCUT2D eigenvalue weighted by Crippen LogP contribution is 2.34. The molecule has 20 heavy (non-hydrogen) atoms. The van der Waals surface area contributed by atoms with E-state index in [9.17, 15) is 9.59 Å². The topological polar surface area (TPSA) is 43.4 Å². The Balaban J connectivity index is 2.25. The van der Waals surface area contributed by atoms with Crippen LogP contribution in [0.1, 0.15) is 31.4 Å². The van der Waals surface area contributed by atoms with Crippen LogP contribution >= 0.6 is 0 Å². The minimum Gasteiger partial charge on any atom is -0.465 e. The van der Waals surface area contributed by atoms with E-state index in [1.165, 1.54) is 5.56 Å². The highest BCUT2D eigenvalue weighted by Gasteiger charge is 2.33. The third-order valence-electron chi connectivity index (χ3n) is 3.72. The van der Waals surface area contributed by atoms with E-state index in [4.69, 9.17) is 4.74 Å². The summed E-state index contributed by atoms with van der Waals surface area (Å²) in [5.41, 5.74) is 3.25. The fourth-order valence-corrected chi connectivity index (χ4v) is 2.56. The largest absolute Gasteiger partial charge is 0.465 e. The number of hydrogen-bond acceptors (Lipinski definition) is 3. The van der Waals surface area contributed by atoms with Gasteiger partial charge in [0, 0.05) is 0 Å². The predicted molar refractivity (Wildman–Crippen MR) is 78.1 cm³/mol. The molecule has 0 radical (unpaired) electrons. The highest BCUT2D eigenvalue weighted by molar-refractivity contribution is 6.09. The first kappa shape index (κ1) is 14.5. The van der Waals surface area contributed by atoms with Crippen LogP contribution in [0.4, 0.5) is 0 Å². The lowest BCUT2D eigenvalue weighted by molar-refractivity contribution is -0.151. The van der Waals surface area contributed by atoms with Crippen LogP contribution in [0.5, 0.6) is 0 Å². The second-order valence-electron chi connectivity index (χ2n) is 5.31. The number of allylic oxidation sites excluding steroid dienone is 2. The molecule has 3 heteroatoms. The summed E-state index contributed by atoms with van der Waals surface area (Å²) in [6, 6.07) is 8.11. The fraction of sp³-hybridized carbons (Fsp3) is 0.412. The van der Waals surface area contributed by atoms with Crippen LogP contribution in [-0.4, -0.2) is 18.4 Å². The van der Waals surface area contributed by atoms with E-state index >= 15 is 0 Å². The first-order chi connectivity index (χ1) is 9.52. The molecular weight excluding hydrogens is 252 g/mol. The SMILES string of the molecule is CCOC(=O)C1CC(C)C(c2ccc(C)cc2)=CC1=O. The van der Waals surface area contributed by atoms with Gasteiger partial charge in [0.25, 0.3) is 0 Å². The van der Waals surface area contributed by atoms with Crippen molar-refractivity contribution in [2.75, 3.05) is 6.61 Å². The summed E-state index contributed by atoms with van der Waals surface area (Å²) in [4.78, 5) is 23.9. The molecular formula is C17H20O3. The van der Waals surface area contributed by atoms with Gasteiger partial charge in [-0.05, 0) is 43.4 Å². The van der Waals surface area contributed by atoms with Crippen molar-refractivity contribution in [3.05, 3.63) is 41.5 Å². The molecule has 0 bridgehead atoms. The zero-order valence-electron chi connectivity index (χ0n) is 12.2. The Bertz CT molecular complexity index is 540. The standard InChI is InChI=1S/C17H20O3/c1-4-20-17(19)15-9-12(3)14(10-16(15)18)13-7-5-11(2)6-8-13/h5-8,10,12,15H,4,9H2,1-3H3. The Morgan fingerprint density at radius 2 is 1.95 bits per heavy atom. The number of aryl methyl sites for hydroxylation is 1. The molecule has 0 amide bonds. The van der Waals surface area contributed by atoms with Crippen LogP contribution in [0.2, 0.25) is 0 Å². The smallest absolute Gasteiger partial charge is 0.316 e. The average Bonchev–Trinajstić information content (AvgIpc) is 2.42. The molecule has 0 aliphatic heterocycles. The fourth-order valence-electron chi connectivity index (χ4n) is 2.56. The third kappa shape index (κ3) is 2.98. The number of ether oxygens (including phenoxy) is 1. The van der Waals surface area contributed by atoms with Gasteiger partial charge in [-0.25, -0.2) is 0 Å². The molecule has 0 saturated heterocycles. The van der Waals surface area contributed by atoms with Gasteiger partial charge in [0.1, 0.15) is 5.92 Å². The first-order valence-corrected chi connectivity index (χ1v) is 7.02. The zero-order chi connectivity index (χ0) is 14.7. The number of benzene rings is 1. The van der Waals surface area contributed by atoms with Crippen LogP contribution in [0.15, 0.2) is 30.3 Å². The third-order valence-corrected chi connectivity index (χ3v) is 3.72.